The molecule has 8 nitrogen and oxygen atoms in total. The van der Waals surface area contributed by atoms with Gasteiger partial charge in [-0.2, -0.15) is 0 Å². The first kappa shape index (κ1) is 21.1. The molecule has 0 spiro atoms. The predicted molar refractivity (Wildman–Crippen MR) is 119 cm³/mol. The van der Waals surface area contributed by atoms with Crippen molar-refractivity contribution in [1.82, 2.24) is 0 Å². The lowest BCUT2D eigenvalue weighted by Crippen LogP contribution is -2.08. The third-order valence-corrected chi connectivity index (χ3v) is 4.87. The Morgan fingerprint density at radius 2 is 1.81 bits per heavy atom. The van der Waals surface area contributed by atoms with Gasteiger partial charge in [0.2, 0.25) is 5.90 Å². The van der Waals surface area contributed by atoms with Gasteiger partial charge in [0.1, 0.15) is 5.75 Å². The summed E-state index contributed by atoms with van der Waals surface area (Å²) in [5, 5.41) is 10.9. The van der Waals surface area contributed by atoms with Crippen LogP contribution >= 0.6 is 15.9 Å². The summed E-state index contributed by atoms with van der Waals surface area (Å²) in [7, 11) is 0. The van der Waals surface area contributed by atoms with E-state index in [4.69, 9.17) is 9.47 Å². The maximum atomic E-state index is 12.3. The highest BCUT2D eigenvalue weighted by Gasteiger charge is 2.24. The number of hydrogen-bond acceptors (Lipinski definition) is 7. The Labute approximate surface area is 190 Å². The molecule has 0 aliphatic carbocycles. The quantitative estimate of drug-likeness (QED) is 0.164. The molecule has 0 N–H and O–H groups in total. The molecule has 0 amide bonds. The van der Waals surface area contributed by atoms with Crippen molar-refractivity contribution in [2.24, 2.45) is 4.99 Å². The second-order valence-corrected chi connectivity index (χ2v) is 7.53. The lowest BCUT2D eigenvalue weighted by atomic mass is 10.2. The Morgan fingerprint density at radius 3 is 2.53 bits per heavy atom. The van der Waals surface area contributed by atoms with E-state index in [0.29, 0.717) is 11.1 Å². The predicted octanol–water partition coefficient (Wildman–Crippen LogP) is 4.92. The number of hydrogen-bond donors (Lipinski definition) is 0. The number of rotatable bonds is 5. The van der Waals surface area contributed by atoms with Gasteiger partial charge in [-0.15, -0.1) is 0 Å². The van der Waals surface area contributed by atoms with Crippen molar-refractivity contribution >= 4 is 45.5 Å². The molecule has 32 heavy (non-hydrogen) atoms. The number of carbonyl (C=O) groups is 2. The van der Waals surface area contributed by atoms with E-state index in [1.165, 1.54) is 18.2 Å². The molecule has 3 aromatic carbocycles. The van der Waals surface area contributed by atoms with Crippen LogP contribution in [0.15, 0.2) is 88.0 Å². The van der Waals surface area contributed by atoms with Gasteiger partial charge in [-0.1, -0.05) is 40.2 Å². The molecular weight excluding hydrogens is 480 g/mol. The van der Waals surface area contributed by atoms with E-state index >= 15 is 0 Å². The van der Waals surface area contributed by atoms with Gasteiger partial charge in [-0.05, 0) is 48.0 Å². The third kappa shape index (κ3) is 4.79. The van der Waals surface area contributed by atoms with Gasteiger partial charge in [-0.3, -0.25) is 10.1 Å². The lowest BCUT2D eigenvalue weighted by Gasteiger charge is -2.04. The Balaban J connectivity index is 1.48. The largest absolute Gasteiger partial charge is 0.423 e. The van der Waals surface area contributed by atoms with Crippen molar-refractivity contribution in [1.29, 1.82) is 0 Å². The van der Waals surface area contributed by atoms with Crippen molar-refractivity contribution in [2.75, 3.05) is 0 Å². The molecule has 9 heteroatoms. The first-order valence-corrected chi connectivity index (χ1v) is 10.0. The minimum atomic E-state index is -0.720. The standard InChI is InChI=1S/C23H13BrN2O6/c24-17-5-1-3-15(12-17)21-25-20(23(28)32-21)11-14-7-9-19(10-8-14)31-22(27)16-4-2-6-18(13-16)26(29)30/h1-13H. The van der Waals surface area contributed by atoms with Crippen LogP contribution in [0.1, 0.15) is 21.5 Å². The summed E-state index contributed by atoms with van der Waals surface area (Å²) in [4.78, 5) is 38.9. The number of nitrogens with zero attached hydrogens (tertiary/aromatic N) is 2. The normalized spacial score (nSPS) is 14.1. The van der Waals surface area contributed by atoms with E-state index in [1.54, 1.807) is 42.5 Å². The molecule has 0 bridgehead atoms. The number of carbonyl (C=O) groups excluding carboxylic acids is 2. The van der Waals surface area contributed by atoms with Crippen LogP contribution in [0.5, 0.6) is 5.75 Å². The van der Waals surface area contributed by atoms with E-state index in [1.807, 2.05) is 12.1 Å². The van der Waals surface area contributed by atoms with Gasteiger partial charge >= 0.3 is 11.9 Å². The average Bonchev–Trinajstić information content (AvgIpc) is 3.15. The van der Waals surface area contributed by atoms with E-state index in [9.17, 15) is 19.7 Å². The van der Waals surface area contributed by atoms with E-state index in [0.717, 1.165) is 10.5 Å². The fourth-order valence-electron chi connectivity index (χ4n) is 2.86. The fourth-order valence-corrected chi connectivity index (χ4v) is 3.26. The Bertz CT molecular complexity index is 1300. The zero-order valence-corrected chi connectivity index (χ0v) is 17.8. The van der Waals surface area contributed by atoms with E-state index < -0.39 is 16.9 Å². The summed E-state index contributed by atoms with van der Waals surface area (Å²) in [6.45, 7) is 0. The number of nitro groups is 1. The highest BCUT2D eigenvalue weighted by molar-refractivity contribution is 9.10. The molecule has 0 unspecified atom stereocenters. The van der Waals surface area contributed by atoms with Crippen LogP contribution in [0.3, 0.4) is 0 Å². The maximum Gasteiger partial charge on any atom is 0.363 e. The van der Waals surface area contributed by atoms with Crippen molar-refractivity contribution in [3.63, 3.8) is 0 Å². The number of nitro benzene ring substituents is 1. The summed E-state index contributed by atoms with van der Waals surface area (Å²) in [6, 6.07) is 18.9. The summed E-state index contributed by atoms with van der Waals surface area (Å²) in [5.41, 5.74) is 1.31. The molecule has 0 atom stereocenters. The van der Waals surface area contributed by atoms with Crippen molar-refractivity contribution in [3.05, 3.63) is 110 Å². The third-order valence-electron chi connectivity index (χ3n) is 4.38. The number of benzene rings is 3. The molecule has 0 aromatic heterocycles. The van der Waals surface area contributed by atoms with Crippen LogP contribution in [0, 0.1) is 10.1 Å². The van der Waals surface area contributed by atoms with Crippen molar-refractivity contribution in [2.45, 2.75) is 0 Å². The van der Waals surface area contributed by atoms with E-state index in [2.05, 4.69) is 20.9 Å². The van der Waals surface area contributed by atoms with Gasteiger partial charge in [-0.25, -0.2) is 14.6 Å². The van der Waals surface area contributed by atoms with Crippen LogP contribution in [-0.2, 0) is 9.53 Å². The number of aliphatic imine (C=N–C) groups is 1. The lowest BCUT2D eigenvalue weighted by molar-refractivity contribution is -0.384. The summed E-state index contributed by atoms with van der Waals surface area (Å²) in [6.07, 6.45) is 1.56. The molecule has 0 saturated heterocycles. The summed E-state index contributed by atoms with van der Waals surface area (Å²) in [5.74, 6) is -0.829. The van der Waals surface area contributed by atoms with Crippen molar-refractivity contribution in [3.8, 4) is 5.75 Å². The Morgan fingerprint density at radius 1 is 1.06 bits per heavy atom. The molecule has 0 radical (unpaired) electrons. The number of non-ortho nitro benzene ring substituents is 1. The number of esters is 2. The topological polar surface area (TPSA) is 108 Å². The van der Waals surface area contributed by atoms with Crippen LogP contribution < -0.4 is 4.74 Å². The second-order valence-electron chi connectivity index (χ2n) is 6.61. The first-order chi connectivity index (χ1) is 15.4. The highest BCUT2D eigenvalue weighted by Crippen LogP contribution is 2.23. The molecule has 4 rings (SSSR count). The van der Waals surface area contributed by atoms with Gasteiger partial charge in [0, 0.05) is 22.2 Å². The molecule has 1 aliphatic rings. The van der Waals surface area contributed by atoms with Crippen LogP contribution in [0.4, 0.5) is 5.69 Å². The maximum absolute atomic E-state index is 12.3. The minimum absolute atomic E-state index is 0.0634. The van der Waals surface area contributed by atoms with Gasteiger partial charge in [0.05, 0.1) is 10.5 Å². The molecule has 3 aromatic rings. The fraction of sp³-hybridized carbons (Fsp3) is 0. The highest BCUT2D eigenvalue weighted by atomic mass is 79.9. The Kier molecular flexibility index (Phi) is 5.91. The Hall–Kier alpha value is -4.11. The SMILES string of the molecule is O=C1OC(c2cccc(Br)c2)=NC1=Cc1ccc(OC(=O)c2cccc([N+](=O)[O-])c2)cc1. The molecule has 1 heterocycles. The van der Waals surface area contributed by atoms with Crippen LogP contribution in [0.25, 0.3) is 6.08 Å². The molecule has 1 aliphatic heterocycles. The van der Waals surface area contributed by atoms with Gasteiger partial charge in [0.15, 0.2) is 5.70 Å². The minimum Gasteiger partial charge on any atom is -0.423 e. The van der Waals surface area contributed by atoms with Crippen LogP contribution in [0.2, 0.25) is 0 Å². The number of cyclic esters (lactones) is 1. The van der Waals surface area contributed by atoms with Gasteiger partial charge in [0.25, 0.3) is 5.69 Å². The van der Waals surface area contributed by atoms with Crippen LogP contribution in [-0.4, -0.2) is 22.8 Å². The van der Waals surface area contributed by atoms with E-state index in [-0.39, 0.29) is 28.6 Å². The monoisotopic (exact) mass is 492 g/mol. The van der Waals surface area contributed by atoms with Gasteiger partial charge < -0.3 is 9.47 Å². The summed E-state index contributed by atoms with van der Waals surface area (Å²) < 4.78 is 11.3. The smallest absolute Gasteiger partial charge is 0.363 e. The zero-order valence-electron chi connectivity index (χ0n) is 16.2. The average molecular weight is 493 g/mol. The first-order valence-electron chi connectivity index (χ1n) is 9.24. The zero-order chi connectivity index (χ0) is 22.7. The number of halogens is 1. The summed E-state index contributed by atoms with van der Waals surface area (Å²) >= 11 is 3.37. The second kappa shape index (κ2) is 8.94. The molecule has 0 saturated carbocycles. The molecular formula is C23H13BrN2O6. The van der Waals surface area contributed by atoms with Crippen molar-refractivity contribution < 1.29 is 24.0 Å². The molecule has 0 fully saturated rings. The number of ether oxygens (including phenoxy) is 2. The molecule has 158 valence electrons.